The molecule has 0 amide bonds. The number of nitrogens with zero attached hydrogens (tertiary/aromatic N) is 1. The molecule has 0 radical (unpaired) electrons. The van der Waals surface area contributed by atoms with Gasteiger partial charge in [0.2, 0.25) is 0 Å². The van der Waals surface area contributed by atoms with Crippen molar-refractivity contribution >= 4 is 17.1 Å². The zero-order valence-corrected chi connectivity index (χ0v) is 13.8. The molecule has 21 heavy (non-hydrogen) atoms. The minimum Gasteiger partial charge on any atom is -0.486 e. The van der Waals surface area contributed by atoms with Crippen molar-refractivity contribution in [2.45, 2.75) is 46.6 Å². The van der Waals surface area contributed by atoms with Gasteiger partial charge in [-0.1, -0.05) is 32.9 Å². The fourth-order valence-electron chi connectivity index (χ4n) is 2.08. The maximum Gasteiger partial charge on any atom is 0.171 e. The van der Waals surface area contributed by atoms with Gasteiger partial charge < -0.3 is 4.74 Å². The van der Waals surface area contributed by atoms with E-state index >= 15 is 0 Å². The van der Waals surface area contributed by atoms with E-state index in [4.69, 9.17) is 4.74 Å². The molecule has 0 fully saturated rings. The van der Waals surface area contributed by atoms with Gasteiger partial charge in [-0.05, 0) is 30.0 Å². The van der Waals surface area contributed by atoms with Crippen LogP contribution in [-0.2, 0) is 13.0 Å². The molecule has 0 unspecified atom stereocenters. The zero-order valence-electron chi connectivity index (χ0n) is 13.0. The van der Waals surface area contributed by atoms with Crippen LogP contribution in [0.5, 0.6) is 5.75 Å². The number of aryl methyl sites for hydroxylation is 1. The van der Waals surface area contributed by atoms with Gasteiger partial charge >= 0.3 is 0 Å². The summed E-state index contributed by atoms with van der Waals surface area (Å²) in [7, 11) is 0. The highest BCUT2D eigenvalue weighted by atomic mass is 32.1. The standard InChI is InChI=1S/C17H21NO2S/c1-5-13-7-6-8-14(9-13)20-10-15-18-16(11(2)3)17(21-15)12(4)19/h6-9,11H,5,10H2,1-4H3. The van der Waals surface area contributed by atoms with Crippen LogP contribution in [0.2, 0.25) is 0 Å². The molecule has 4 heteroatoms. The third kappa shape index (κ3) is 3.91. The van der Waals surface area contributed by atoms with Gasteiger partial charge in [-0.15, -0.1) is 11.3 Å². The summed E-state index contributed by atoms with van der Waals surface area (Å²) in [4.78, 5) is 17.0. The molecule has 2 rings (SSSR count). The summed E-state index contributed by atoms with van der Waals surface area (Å²) in [5.74, 6) is 1.17. The monoisotopic (exact) mass is 303 g/mol. The molecule has 0 aliphatic carbocycles. The van der Waals surface area contributed by atoms with Crippen molar-refractivity contribution in [2.24, 2.45) is 0 Å². The lowest BCUT2D eigenvalue weighted by Gasteiger charge is -2.05. The number of aromatic nitrogens is 1. The largest absolute Gasteiger partial charge is 0.486 e. The van der Waals surface area contributed by atoms with Crippen LogP contribution in [0.4, 0.5) is 0 Å². The SMILES string of the molecule is CCc1cccc(OCc2nc(C(C)C)c(C(C)=O)s2)c1. The van der Waals surface area contributed by atoms with Crippen molar-refractivity contribution in [3.8, 4) is 5.75 Å². The predicted molar refractivity (Wildman–Crippen MR) is 86.4 cm³/mol. The number of Topliss-reactive ketones (excluding diaryl/α,β-unsaturated/α-hetero) is 1. The molecule has 0 atom stereocenters. The molecule has 112 valence electrons. The van der Waals surface area contributed by atoms with Crippen LogP contribution in [0.15, 0.2) is 24.3 Å². The molecule has 0 N–H and O–H groups in total. The topological polar surface area (TPSA) is 39.2 Å². The third-order valence-corrected chi connectivity index (χ3v) is 4.38. The number of hydrogen-bond donors (Lipinski definition) is 0. The van der Waals surface area contributed by atoms with E-state index in [1.54, 1.807) is 6.92 Å². The first-order valence-corrected chi connectivity index (χ1v) is 8.05. The van der Waals surface area contributed by atoms with Gasteiger partial charge in [-0.2, -0.15) is 0 Å². The van der Waals surface area contributed by atoms with Crippen molar-refractivity contribution in [1.29, 1.82) is 0 Å². The number of ketones is 1. The molecule has 0 bridgehead atoms. The van der Waals surface area contributed by atoms with Crippen LogP contribution < -0.4 is 4.74 Å². The lowest BCUT2D eigenvalue weighted by atomic mass is 10.1. The maximum absolute atomic E-state index is 11.7. The van der Waals surface area contributed by atoms with Crippen molar-refractivity contribution in [3.05, 3.63) is 45.4 Å². The first kappa shape index (κ1) is 15.7. The van der Waals surface area contributed by atoms with E-state index in [0.29, 0.717) is 6.61 Å². The Morgan fingerprint density at radius 1 is 1.38 bits per heavy atom. The highest BCUT2D eigenvalue weighted by molar-refractivity contribution is 7.13. The van der Waals surface area contributed by atoms with Gasteiger partial charge in [-0.25, -0.2) is 4.98 Å². The van der Waals surface area contributed by atoms with Crippen LogP contribution in [0.1, 0.15) is 59.5 Å². The van der Waals surface area contributed by atoms with Crippen molar-refractivity contribution in [1.82, 2.24) is 4.98 Å². The molecule has 0 saturated heterocycles. The van der Waals surface area contributed by atoms with Gasteiger partial charge in [0, 0.05) is 6.92 Å². The Labute approximate surface area is 130 Å². The van der Waals surface area contributed by atoms with E-state index in [9.17, 15) is 4.79 Å². The summed E-state index contributed by atoms with van der Waals surface area (Å²) < 4.78 is 5.80. The Hall–Kier alpha value is -1.68. The van der Waals surface area contributed by atoms with Gasteiger partial charge in [0.25, 0.3) is 0 Å². The minimum atomic E-state index is 0.0791. The van der Waals surface area contributed by atoms with Crippen LogP contribution in [0.3, 0.4) is 0 Å². The summed E-state index contributed by atoms with van der Waals surface area (Å²) in [6.45, 7) is 8.22. The number of rotatable bonds is 6. The van der Waals surface area contributed by atoms with Crippen LogP contribution in [-0.4, -0.2) is 10.8 Å². The van der Waals surface area contributed by atoms with Crippen LogP contribution in [0.25, 0.3) is 0 Å². The van der Waals surface area contributed by atoms with Crippen molar-refractivity contribution in [3.63, 3.8) is 0 Å². The van der Waals surface area contributed by atoms with E-state index in [1.165, 1.54) is 16.9 Å². The average Bonchev–Trinajstić information content (AvgIpc) is 2.90. The molecule has 0 aliphatic heterocycles. The Morgan fingerprint density at radius 3 is 2.71 bits per heavy atom. The maximum atomic E-state index is 11.7. The normalized spacial score (nSPS) is 10.9. The molecule has 0 saturated carbocycles. The first-order chi connectivity index (χ1) is 10.0. The second-order valence-electron chi connectivity index (χ2n) is 5.32. The van der Waals surface area contributed by atoms with E-state index in [0.717, 1.165) is 27.7 Å². The predicted octanol–water partition coefficient (Wildman–Crippen LogP) is 4.61. The van der Waals surface area contributed by atoms with Gasteiger partial charge in [0.1, 0.15) is 17.4 Å². The molecule has 0 aliphatic rings. The van der Waals surface area contributed by atoms with Gasteiger partial charge in [-0.3, -0.25) is 4.79 Å². The molecule has 1 heterocycles. The summed E-state index contributed by atoms with van der Waals surface area (Å²) in [6.07, 6.45) is 0.987. The van der Waals surface area contributed by atoms with Crippen molar-refractivity contribution in [2.75, 3.05) is 0 Å². The molecular formula is C17H21NO2S. The van der Waals surface area contributed by atoms with Crippen molar-refractivity contribution < 1.29 is 9.53 Å². The third-order valence-electron chi connectivity index (χ3n) is 3.23. The van der Waals surface area contributed by atoms with Crippen LogP contribution in [0, 0.1) is 0 Å². The molecule has 2 aromatic rings. The number of carbonyl (C=O) groups excluding carboxylic acids is 1. The fourth-order valence-corrected chi connectivity index (χ4v) is 3.11. The summed E-state index contributed by atoms with van der Waals surface area (Å²) in [5, 5.41) is 0.853. The zero-order chi connectivity index (χ0) is 15.4. The molecular weight excluding hydrogens is 282 g/mol. The number of benzene rings is 1. The fraction of sp³-hybridized carbons (Fsp3) is 0.412. The first-order valence-electron chi connectivity index (χ1n) is 7.23. The highest BCUT2D eigenvalue weighted by Gasteiger charge is 2.17. The molecule has 3 nitrogen and oxygen atoms in total. The Morgan fingerprint density at radius 2 is 2.14 bits per heavy atom. The van der Waals surface area contributed by atoms with Crippen LogP contribution >= 0.6 is 11.3 Å². The van der Waals surface area contributed by atoms with E-state index in [1.807, 2.05) is 18.2 Å². The lowest BCUT2D eigenvalue weighted by molar-refractivity contribution is 0.102. The Balaban J connectivity index is 2.12. The second kappa shape index (κ2) is 6.85. The summed E-state index contributed by atoms with van der Waals surface area (Å²) in [6, 6.07) is 8.07. The van der Waals surface area contributed by atoms with E-state index in [-0.39, 0.29) is 11.7 Å². The Bertz CT molecular complexity index is 631. The lowest BCUT2D eigenvalue weighted by Crippen LogP contribution is -1.98. The average molecular weight is 303 g/mol. The molecule has 0 spiro atoms. The Kier molecular flexibility index (Phi) is 5.12. The number of hydrogen-bond acceptors (Lipinski definition) is 4. The minimum absolute atomic E-state index is 0.0791. The smallest absolute Gasteiger partial charge is 0.171 e. The second-order valence-corrected chi connectivity index (χ2v) is 6.41. The van der Waals surface area contributed by atoms with Gasteiger partial charge in [0.15, 0.2) is 5.78 Å². The number of ether oxygens (including phenoxy) is 1. The quantitative estimate of drug-likeness (QED) is 0.731. The number of carbonyl (C=O) groups is 1. The summed E-state index contributed by atoms with van der Waals surface area (Å²) in [5.41, 5.74) is 2.13. The number of thiazole rings is 1. The highest BCUT2D eigenvalue weighted by Crippen LogP contribution is 2.26. The van der Waals surface area contributed by atoms with E-state index in [2.05, 4.69) is 31.8 Å². The van der Waals surface area contributed by atoms with Gasteiger partial charge in [0.05, 0.1) is 10.6 Å². The molecule has 1 aromatic carbocycles. The summed E-state index contributed by atoms with van der Waals surface area (Å²) >= 11 is 1.44. The molecule has 1 aromatic heterocycles. The van der Waals surface area contributed by atoms with E-state index < -0.39 is 0 Å².